The van der Waals surface area contributed by atoms with E-state index in [0.29, 0.717) is 0 Å². The smallest absolute Gasteiger partial charge is 0.417 e. The molecule has 1 atom stereocenters. The van der Waals surface area contributed by atoms with Crippen molar-refractivity contribution < 1.29 is 27.5 Å². The molecule has 0 saturated carbocycles. The van der Waals surface area contributed by atoms with E-state index in [1.807, 2.05) is 0 Å². The first-order valence-corrected chi connectivity index (χ1v) is 4.99. The van der Waals surface area contributed by atoms with Crippen LogP contribution in [-0.2, 0) is 11.2 Å². The molecular weight excluding hydrogens is 278 g/mol. The summed E-state index contributed by atoms with van der Waals surface area (Å²) >= 11 is 5.46. The summed E-state index contributed by atoms with van der Waals surface area (Å²) < 4.78 is 50.9. The molecule has 0 aromatic heterocycles. The minimum absolute atomic E-state index is 0.320. The second-order valence-electron chi connectivity index (χ2n) is 3.66. The number of alkyl halides is 3. The summed E-state index contributed by atoms with van der Waals surface area (Å²) in [6.45, 7) is 0. The van der Waals surface area contributed by atoms with Gasteiger partial charge < -0.3 is 10.8 Å². The molecule has 0 amide bonds. The molecule has 0 heterocycles. The summed E-state index contributed by atoms with van der Waals surface area (Å²) in [4.78, 5) is 10.7. The maximum Gasteiger partial charge on any atom is 0.417 e. The molecule has 1 rings (SSSR count). The first-order valence-electron chi connectivity index (χ1n) is 4.61. The van der Waals surface area contributed by atoms with Crippen LogP contribution < -0.4 is 5.73 Å². The quantitative estimate of drug-likeness (QED) is 0.838. The molecule has 8 heteroatoms. The minimum Gasteiger partial charge on any atom is -0.480 e. The van der Waals surface area contributed by atoms with Crippen molar-refractivity contribution in [1.29, 1.82) is 0 Å². The van der Waals surface area contributed by atoms with Gasteiger partial charge in [-0.1, -0.05) is 23.7 Å². The lowest BCUT2D eigenvalue weighted by molar-refractivity contribution is -0.201. The molecule has 1 unspecified atom stereocenters. The number of halogens is 5. The minimum atomic E-state index is -5.19. The Hall–Kier alpha value is -1.34. The van der Waals surface area contributed by atoms with Crippen molar-refractivity contribution in [3.63, 3.8) is 0 Å². The molecule has 100 valence electrons. The number of rotatable bonds is 3. The van der Waals surface area contributed by atoms with Crippen LogP contribution in [0.15, 0.2) is 18.2 Å². The summed E-state index contributed by atoms with van der Waals surface area (Å²) in [6.07, 6.45) is -6.34. The predicted octanol–water partition coefficient (Wildman–Crippen LogP) is 2.37. The van der Waals surface area contributed by atoms with Gasteiger partial charge in [0.15, 0.2) is 0 Å². The third-order valence-electron chi connectivity index (χ3n) is 2.39. The van der Waals surface area contributed by atoms with Gasteiger partial charge in [-0.15, -0.1) is 0 Å². The standard InChI is InChI=1S/C10H8ClF4NO2/c11-7-5(2-1-3-6(7)12)4-9(16,8(17)18)10(13,14)15/h1-3H,4,16H2,(H,17,18). The Morgan fingerprint density at radius 3 is 2.39 bits per heavy atom. The molecule has 1 aromatic rings. The summed E-state index contributed by atoms with van der Waals surface area (Å²) in [5.74, 6) is -3.19. The highest BCUT2D eigenvalue weighted by atomic mass is 35.5. The zero-order valence-corrected chi connectivity index (χ0v) is 9.52. The Morgan fingerprint density at radius 1 is 1.39 bits per heavy atom. The number of carbonyl (C=O) groups is 1. The van der Waals surface area contributed by atoms with Crippen molar-refractivity contribution in [1.82, 2.24) is 0 Å². The summed E-state index contributed by atoms with van der Waals surface area (Å²) in [6, 6.07) is 3.15. The van der Waals surface area contributed by atoms with Crippen molar-refractivity contribution in [3.8, 4) is 0 Å². The van der Waals surface area contributed by atoms with Crippen LogP contribution in [0.5, 0.6) is 0 Å². The van der Waals surface area contributed by atoms with E-state index in [2.05, 4.69) is 0 Å². The van der Waals surface area contributed by atoms with Crippen molar-refractivity contribution in [3.05, 3.63) is 34.6 Å². The lowest BCUT2D eigenvalue weighted by Gasteiger charge is -2.27. The second kappa shape index (κ2) is 4.74. The highest BCUT2D eigenvalue weighted by molar-refractivity contribution is 6.31. The van der Waals surface area contributed by atoms with Crippen LogP contribution in [0.3, 0.4) is 0 Å². The molecule has 3 N–H and O–H groups in total. The van der Waals surface area contributed by atoms with Gasteiger partial charge in [-0.2, -0.15) is 13.2 Å². The maximum absolute atomic E-state index is 13.1. The van der Waals surface area contributed by atoms with Gasteiger partial charge in [0.2, 0.25) is 5.54 Å². The van der Waals surface area contributed by atoms with E-state index >= 15 is 0 Å². The van der Waals surface area contributed by atoms with E-state index in [-0.39, 0.29) is 5.56 Å². The fraction of sp³-hybridized carbons (Fsp3) is 0.300. The lowest BCUT2D eigenvalue weighted by Crippen LogP contribution is -2.61. The molecule has 0 saturated heterocycles. The third kappa shape index (κ3) is 2.56. The Kier molecular flexibility index (Phi) is 3.87. The maximum atomic E-state index is 13.1. The zero-order chi connectivity index (χ0) is 14.1. The number of carboxylic acid groups (broad SMARTS) is 1. The highest BCUT2D eigenvalue weighted by Gasteiger charge is 2.58. The molecule has 0 spiro atoms. The van der Waals surface area contributed by atoms with Crippen LogP contribution in [-0.4, -0.2) is 22.8 Å². The fourth-order valence-electron chi connectivity index (χ4n) is 1.28. The van der Waals surface area contributed by atoms with E-state index in [1.54, 1.807) is 0 Å². The number of hydrogen-bond acceptors (Lipinski definition) is 2. The SMILES string of the molecule is NC(Cc1cccc(F)c1Cl)(C(=O)O)C(F)(F)F. The van der Waals surface area contributed by atoms with Crippen LogP contribution in [0, 0.1) is 5.82 Å². The van der Waals surface area contributed by atoms with Gasteiger partial charge in [0.1, 0.15) is 5.82 Å². The molecule has 0 aliphatic carbocycles. The largest absolute Gasteiger partial charge is 0.480 e. The topological polar surface area (TPSA) is 63.3 Å². The summed E-state index contributed by atoms with van der Waals surface area (Å²) in [5.41, 5.74) is 1.03. The van der Waals surface area contributed by atoms with Gasteiger partial charge in [-0.3, -0.25) is 0 Å². The van der Waals surface area contributed by atoms with E-state index in [0.717, 1.165) is 18.2 Å². The first-order chi connectivity index (χ1) is 8.09. The Balaban J connectivity index is 3.21. The van der Waals surface area contributed by atoms with E-state index in [9.17, 15) is 22.4 Å². The van der Waals surface area contributed by atoms with Gasteiger partial charge >= 0.3 is 12.1 Å². The molecule has 0 aliphatic rings. The van der Waals surface area contributed by atoms with Crippen molar-refractivity contribution in [2.45, 2.75) is 18.1 Å². The average molecular weight is 286 g/mol. The van der Waals surface area contributed by atoms with Crippen LogP contribution in [0.4, 0.5) is 17.6 Å². The molecule has 0 aliphatic heterocycles. The van der Waals surface area contributed by atoms with Crippen LogP contribution in [0.25, 0.3) is 0 Å². The summed E-state index contributed by atoms with van der Waals surface area (Å²) in [5, 5.41) is 8.04. The monoisotopic (exact) mass is 285 g/mol. The van der Waals surface area contributed by atoms with E-state index in [1.165, 1.54) is 0 Å². The number of benzene rings is 1. The molecule has 1 aromatic carbocycles. The average Bonchev–Trinajstić information content (AvgIpc) is 2.22. The molecule has 0 bridgehead atoms. The van der Waals surface area contributed by atoms with Gasteiger partial charge in [0.25, 0.3) is 0 Å². The van der Waals surface area contributed by atoms with E-state index in [4.69, 9.17) is 22.4 Å². The fourth-order valence-corrected chi connectivity index (χ4v) is 1.48. The zero-order valence-electron chi connectivity index (χ0n) is 8.76. The Bertz CT molecular complexity index is 477. The predicted molar refractivity (Wildman–Crippen MR) is 55.7 cm³/mol. The van der Waals surface area contributed by atoms with Crippen molar-refractivity contribution >= 4 is 17.6 Å². The van der Waals surface area contributed by atoms with Crippen molar-refractivity contribution in [2.24, 2.45) is 5.73 Å². The van der Waals surface area contributed by atoms with Crippen LogP contribution in [0.2, 0.25) is 5.02 Å². The van der Waals surface area contributed by atoms with Crippen LogP contribution in [0.1, 0.15) is 5.56 Å². The molecule has 0 radical (unpaired) electrons. The molecule has 18 heavy (non-hydrogen) atoms. The number of nitrogens with two attached hydrogens (primary N) is 1. The van der Waals surface area contributed by atoms with Crippen molar-refractivity contribution in [2.75, 3.05) is 0 Å². The van der Waals surface area contributed by atoms with Gasteiger partial charge in [0, 0.05) is 6.42 Å². The molecule has 3 nitrogen and oxygen atoms in total. The van der Waals surface area contributed by atoms with Gasteiger partial charge in [-0.25, -0.2) is 9.18 Å². The second-order valence-corrected chi connectivity index (χ2v) is 4.04. The number of carboxylic acids is 1. The Morgan fingerprint density at radius 2 is 1.94 bits per heavy atom. The normalized spacial score (nSPS) is 15.2. The number of hydrogen-bond donors (Lipinski definition) is 2. The Labute approximate surface area is 104 Å². The summed E-state index contributed by atoms with van der Waals surface area (Å²) in [7, 11) is 0. The van der Waals surface area contributed by atoms with Gasteiger partial charge in [-0.05, 0) is 11.6 Å². The number of aliphatic carboxylic acids is 1. The lowest BCUT2D eigenvalue weighted by atomic mass is 9.91. The third-order valence-corrected chi connectivity index (χ3v) is 2.81. The van der Waals surface area contributed by atoms with Gasteiger partial charge in [0.05, 0.1) is 5.02 Å². The first kappa shape index (κ1) is 14.7. The van der Waals surface area contributed by atoms with E-state index < -0.39 is 34.9 Å². The van der Waals surface area contributed by atoms with Crippen LogP contribution >= 0.6 is 11.6 Å². The molecule has 0 fully saturated rings. The highest BCUT2D eigenvalue weighted by Crippen LogP contribution is 2.33. The molecular formula is C10H8ClF4NO2.